The number of hydrogen-bond donors (Lipinski definition) is 0. The van der Waals surface area contributed by atoms with Crippen LogP contribution in [0, 0.1) is 0 Å². The number of rotatable bonds is 4. The molecule has 1 aliphatic rings. The molecule has 2 rings (SSSR count). The number of hydrogen-bond acceptors (Lipinski definition) is 2. The van der Waals surface area contributed by atoms with Crippen molar-refractivity contribution in [2.45, 2.75) is 6.10 Å². The maximum atomic E-state index is 12.8. The zero-order valence-corrected chi connectivity index (χ0v) is 8.25. The van der Waals surface area contributed by atoms with Gasteiger partial charge in [-0.15, -0.1) is 0 Å². The molecular formula is C11H9F3O2. The van der Waals surface area contributed by atoms with Gasteiger partial charge in [0, 0.05) is 5.56 Å². The largest absolute Gasteiger partial charge is 0.491 e. The summed E-state index contributed by atoms with van der Waals surface area (Å²) in [7, 11) is 0. The van der Waals surface area contributed by atoms with E-state index in [-0.39, 0.29) is 11.7 Å². The Bertz CT molecular complexity index is 392. The van der Waals surface area contributed by atoms with Gasteiger partial charge < -0.3 is 9.47 Å². The van der Waals surface area contributed by atoms with E-state index in [1.807, 2.05) is 0 Å². The Balaban J connectivity index is 2.00. The maximum Gasteiger partial charge on any atom is 0.306 e. The third-order valence-corrected chi connectivity index (χ3v) is 2.11. The summed E-state index contributed by atoms with van der Waals surface area (Å²) in [6.07, 6.45) is -2.19. The molecule has 2 nitrogen and oxygen atoms in total. The summed E-state index contributed by atoms with van der Waals surface area (Å²) >= 11 is 0. The van der Waals surface area contributed by atoms with E-state index >= 15 is 0 Å². The summed E-state index contributed by atoms with van der Waals surface area (Å²) in [4.78, 5) is 0. The van der Waals surface area contributed by atoms with Crippen molar-refractivity contribution in [2.75, 3.05) is 13.2 Å². The van der Waals surface area contributed by atoms with Gasteiger partial charge in [-0.2, -0.15) is 8.78 Å². The minimum Gasteiger partial charge on any atom is -0.491 e. The molecule has 1 aromatic rings. The van der Waals surface area contributed by atoms with E-state index in [1.54, 1.807) is 0 Å². The molecule has 1 unspecified atom stereocenters. The van der Waals surface area contributed by atoms with E-state index in [2.05, 4.69) is 0 Å². The molecule has 0 spiro atoms. The van der Waals surface area contributed by atoms with Crippen LogP contribution >= 0.6 is 0 Å². The highest BCUT2D eigenvalue weighted by Gasteiger charge is 2.23. The SMILES string of the molecule is FC(F)=C(F)c1ccc(OCC2CO2)cc1. The van der Waals surface area contributed by atoms with E-state index in [4.69, 9.17) is 9.47 Å². The average molecular weight is 230 g/mol. The van der Waals surface area contributed by atoms with Crippen LogP contribution in [0.5, 0.6) is 5.75 Å². The summed E-state index contributed by atoms with van der Waals surface area (Å²) in [5, 5.41) is 0. The third kappa shape index (κ3) is 2.76. The van der Waals surface area contributed by atoms with Crippen molar-refractivity contribution in [3.05, 3.63) is 35.9 Å². The second-order valence-corrected chi connectivity index (χ2v) is 3.37. The van der Waals surface area contributed by atoms with Crippen LogP contribution in [0.4, 0.5) is 13.2 Å². The van der Waals surface area contributed by atoms with Gasteiger partial charge in [0.25, 0.3) is 0 Å². The van der Waals surface area contributed by atoms with Crippen molar-refractivity contribution in [1.29, 1.82) is 0 Å². The number of halogens is 3. The Hall–Kier alpha value is -1.49. The molecule has 5 heteroatoms. The van der Waals surface area contributed by atoms with Crippen LogP contribution in [0.15, 0.2) is 30.3 Å². The maximum absolute atomic E-state index is 12.8. The van der Waals surface area contributed by atoms with Crippen LogP contribution in [0.25, 0.3) is 5.83 Å². The lowest BCUT2D eigenvalue weighted by Gasteiger charge is -2.04. The molecule has 0 radical (unpaired) electrons. The standard InChI is InChI=1S/C11H9F3O2/c12-10(11(13)14)7-1-3-8(4-2-7)15-5-9-6-16-9/h1-4,9H,5-6H2. The first-order valence-electron chi connectivity index (χ1n) is 4.72. The lowest BCUT2D eigenvalue weighted by atomic mass is 10.2. The van der Waals surface area contributed by atoms with Crippen molar-refractivity contribution in [3.8, 4) is 5.75 Å². The fourth-order valence-corrected chi connectivity index (χ4v) is 1.16. The topological polar surface area (TPSA) is 21.8 Å². The van der Waals surface area contributed by atoms with Crippen molar-refractivity contribution in [3.63, 3.8) is 0 Å². The Morgan fingerprint density at radius 3 is 2.38 bits per heavy atom. The van der Waals surface area contributed by atoms with Gasteiger partial charge in [0.05, 0.1) is 6.61 Å². The molecule has 1 fully saturated rings. The first-order valence-corrected chi connectivity index (χ1v) is 4.72. The van der Waals surface area contributed by atoms with Gasteiger partial charge in [0.1, 0.15) is 18.5 Å². The highest BCUT2D eigenvalue weighted by Crippen LogP contribution is 2.24. The molecule has 0 aromatic heterocycles. The minimum absolute atomic E-state index is 0.125. The fraction of sp³-hybridized carbons (Fsp3) is 0.273. The zero-order valence-electron chi connectivity index (χ0n) is 8.25. The summed E-state index contributed by atoms with van der Waals surface area (Å²) in [6.45, 7) is 1.11. The van der Waals surface area contributed by atoms with E-state index in [0.29, 0.717) is 19.0 Å². The van der Waals surface area contributed by atoms with Crippen LogP contribution in [0.1, 0.15) is 5.56 Å². The normalized spacial score (nSPS) is 18.1. The van der Waals surface area contributed by atoms with E-state index in [1.165, 1.54) is 24.3 Å². The Morgan fingerprint density at radius 2 is 1.88 bits per heavy atom. The Morgan fingerprint density at radius 1 is 1.25 bits per heavy atom. The van der Waals surface area contributed by atoms with Crippen LogP contribution in [-0.2, 0) is 4.74 Å². The predicted molar refractivity (Wildman–Crippen MR) is 51.9 cm³/mol. The van der Waals surface area contributed by atoms with Crippen molar-refractivity contribution in [2.24, 2.45) is 0 Å². The summed E-state index contributed by atoms with van der Waals surface area (Å²) < 4.78 is 46.9. The molecule has 86 valence electrons. The molecule has 1 atom stereocenters. The quantitative estimate of drug-likeness (QED) is 0.741. The van der Waals surface area contributed by atoms with Gasteiger partial charge in [0.2, 0.25) is 0 Å². The second kappa shape index (κ2) is 4.57. The third-order valence-electron chi connectivity index (χ3n) is 2.11. The van der Waals surface area contributed by atoms with Gasteiger partial charge in [-0.25, -0.2) is 4.39 Å². The van der Waals surface area contributed by atoms with Crippen molar-refractivity contribution >= 4 is 5.83 Å². The molecule has 1 saturated heterocycles. The van der Waals surface area contributed by atoms with Crippen LogP contribution < -0.4 is 4.74 Å². The van der Waals surface area contributed by atoms with E-state index < -0.39 is 11.9 Å². The second-order valence-electron chi connectivity index (χ2n) is 3.37. The van der Waals surface area contributed by atoms with E-state index in [9.17, 15) is 13.2 Å². The van der Waals surface area contributed by atoms with Gasteiger partial charge in [-0.3, -0.25) is 0 Å². The number of epoxide rings is 1. The van der Waals surface area contributed by atoms with Gasteiger partial charge in [0.15, 0.2) is 5.83 Å². The smallest absolute Gasteiger partial charge is 0.306 e. The van der Waals surface area contributed by atoms with Gasteiger partial charge in [-0.1, -0.05) is 0 Å². The molecular weight excluding hydrogens is 221 g/mol. The molecule has 0 N–H and O–H groups in total. The molecule has 0 aliphatic carbocycles. The zero-order chi connectivity index (χ0) is 11.5. The number of ether oxygens (including phenoxy) is 2. The summed E-state index contributed by atoms with van der Waals surface area (Å²) in [5.74, 6) is -0.997. The molecule has 0 bridgehead atoms. The summed E-state index contributed by atoms with van der Waals surface area (Å²) in [6, 6.07) is 5.38. The monoisotopic (exact) mass is 230 g/mol. The first-order chi connectivity index (χ1) is 7.66. The van der Waals surface area contributed by atoms with Crippen LogP contribution in [0.3, 0.4) is 0 Å². The van der Waals surface area contributed by atoms with Gasteiger partial charge in [-0.05, 0) is 24.3 Å². The molecule has 1 aromatic carbocycles. The summed E-state index contributed by atoms with van der Waals surface area (Å²) in [5.41, 5.74) is -0.157. The van der Waals surface area contributed by atoms with Crippen LogP contribution in [0.2, 0.25) is 0 Å². The van der Waals surface area contributed by atoms with Crippen molar-refractivity contribution < 1.29 is 22.6 Å². The molecule has 1 heterocycles. The lowest BCUT2D eigenvalue weighted by Crippen LogP contribution is -2.03. The lowest BCUT2D eigenvalue weighted by molar-refractivity contribution is 0.263. The average Bonchev–Trinajstić information content (AvgIpc) is 3.10. The highest BCUT2D eigenvalue weighted by atomic mass is 19.3. The fourth-order valence-electron chi connectivity index (χ4n) is 1.16. The number of benzene rings is 1. The molecule has 1 aliphatic heterocycles. The van der Waals surface area contributed by atoms with Crippen molar-refractivity contribution in [1.82, 2.24) is 0 Å². The Labute approximate surface area is 90.3 Å². The molecule has 0 amide bonds. The predicted octanol–water partition coefficient (Wildman–Crippen LogP) is 3.00. The van der Waals surface area contributed by atoms with Gasteiger partial charge >= 0.3 is 6.08 Å². The first kappa shape index (κ1) is 11.0. The minimum atomic E-state index is -2.32. The highest BCUT2D eigenvalue weighted by molar-refractivity contribution is 5.60. The molecule has 0 saturated carbocycles. The van der Waals surface area contributed by atoms with Crippen LogP contribution in [-0.4, -0.2) is 19.3 Å². The Kier molecular flexibility index (Phi) is 3.14. The molecule has 16 heavy (non-hydrogen) atoms. The van der Waals surface area contributed by atoms with E-state index in [0.717, 1.165) is 0 Å².